The lowest BCUT2D eigenvalue weighted by molar-refractivity contribution is -0.138. The average Bonchev–Trinajstić information content (AvgIpc) is 2.36. The minimum atomic E-state index is -4.54. The molecule has 112 valence electrons. The van der Waals surface area contributed by atoms with Crippen LogP contribution in [0.5, 0.6) is 0 Å². The van der Waals surface area contributed by atoms with Crippen molar-refractivity contribution >= 4 is 5.91 Å². The first-order valence-corrected chi connectivity index (χ1v) is 6.44. The van der Waals surface area contributed by atoms with Crippen LogP contribution in [0.4, 0.5) is 13.2 Å². The first-order chi connectivity index (χ1) is 9.00. The number of alkyl halides is 3. The summed E-state index contributed by atoms with van der Waals surface area (Å²) in [6, 6.07) is 3.98. The Morgan fingerprint density at radius 2 is 1.75 bits per heavy atom. The second-order valence-corrected chi connectivity index (χ2v) is 5.70. The van der Waals surface area contributed by atoms with E-state index in [1.807, 2.05) is 20.8 Å². The van der Waals surface area contributed by atoms with Crippen LogP contribution in [0.3, 0.4) is 0 Å². The molecule has 1 aromatic rings. The molecule has 0 radical (unpaired) electrons. The van der Waals surface area contributed by atoms with Gasteiger partial charge in [-0.2, -0.15) is 13.2 Å². The van der Waals surface area contributed by atoms with Crippen LogP contribution in [-0.4, -0.2) is 24.9 Å². The van der Waals surface area contributed by atoms with Crippen molar-refractivity contribution in [2.75, 3.05) is 14.1 Å². The van der Waals surface area contributed by atoms with Gasteiger partial charge in [0, 0.05) is 14.1 Å². The van der Waals surface area contributed by atoms with Gasteiger partial charge in [0.15, 0.2) is 0 Å². The second-order valence-electron chi connectivity index (χ2n) is 5.70. The van der Waals surface area contributed by atoms with E-state index in [0.717, 1.165) is 11.0 Å². The normalized spacial score (nSPS) is 12.4. The third-order valence-corrected chi connectivity index (χ3v) is 3.63. The van der Waals surface area contributed by atoms with Crippen LogP contribution in [0, 0.1) is 0 Å². The van der Waals surface area contributed by atoms with Crippen LogP contribution in [0.15, 0.2) is 18.2 Å². The molecule has 1 amide bonds. The molecule has 2 nitrogen and oxygen atoms in total. The molecular formula is C15H20F3NO. The molecule has 20 heavy (non-hydrogen) atoms. The van der Waals surface area contributed by atoms with E-state index < -0.39 is 17.6 Å². The predicted molar refractivity (Wildman–Crippen MR) is 72.8 cm³/mol. The van der Waals surface area contributed by atoms with Crippen LogP contribution >= 0.6 is 0 Å². The van der Waals surface area contributed by atoms with Gasteiger partial charge in [0.2, 0.25) is 0 Å². The van der Waals surface area contributed by atoms with Gasteiger partial charge in [-0.3, -0.25) is 4.79 Å². The minimum Gasteiger partial charge on any atom is -0.345 e. The van der Waals surface area contributed by atoms with Crippen molar-refractivity contribution in [3.8, 4) is 0 Å². The van der Waals surface area contributed by atoms with Gasteiger partial charge >= 0.3 is 6.18 Å². The van der Waals surface area contributed by atoms with E-state index in [9.17, 15) is 18.0 Å². The molecule has 0 unspecified atom stereocenters. The van der Waals surface area contributed by atoms with Crippen molar-refractivity contribution in [2.24, 2.45) is 0 Å². The number of carbonyl (C=O) groups is 1. The SMILES string of the molecule is CCC(C)(C)c1ccc(C(=O)N(C)C)c(C(F)(F)F)c1. The Morgan fingerprint density at radius 3 is 2.15 bits per heavy atom. The van der Waals surface area contributed by atoms with E-state index in [1.165, 1.54) is 20.2 Å². The number of hydrogen-bond donors (Lipinski definition) is 0. The Kier molecular flexibility index (Phi) is 4.52. The van der Waals surface area contributed by atoms with Gasteiger partial charge in [-0.1, -0.05) is 26.8 Å². The van der Waals surface area contributed by atoms with E-state index in [1.54, 1.807) is 6.07 Å². The lowest BCUT2D eigenvalue weighted by atomic mass is 9.81. The molecule has 0 saturated heterocycles. The fourth-order valence-corrected chi connectivity index (χ4v) is 1.83. The monoisotopic (exact) mass is 287 g/mol. The largest absolute Gasteiger partial charge is 0.417 e. The second kappa shape index (κ2) is 5.46. The van der Waals surface area contributed by atoms with Crippen molar-refractivity contribution in [3.63, 3.8) is 0 Å². The fourth-order valence-electron chi connectivity index (χ4n) is 1.83. The van der Waals surface area contributed by atoms with E-state index >= 15 is 0 Å². The number of benzene rings is 1. The highest BCUT2D eigenvalue weighted by Gasteiger charge is 2.36. The quantitative estimate of drug-likeness (QED) is 0.819. The summed E-state index contributed by atoms with van der Waals surface area (Å²) in [7, 11) is 2.87. The summed E-state index contributed by atoms with van der Waals surface area (Å²) in [5.74, 6) is -0.641. The summed E-state index contributed by atoms with van der Waals surface area (Å²) < 4.78 is 39.5. The fraction of sp³-hybridized carbons (Fsp3) is 0.533. The molecule has 0 atom stereocenters. The lowest BCUT2D eigenvalue weighted by Crippen LogP contribution is -2.26. The number of carbonyl (C=O) groups excluding carboxylic acids is 1. The van der Waals surface area contributed by atoms with Crippen LogP contribution in [0.2, 0.25) is 0 Å². The Balaban J connectivity index is 3.47. The van der Waals surface area contributed by atoms with Crippen molar-refractivity contribution in [2.45, 2.75) is 38.8 Å². The maximum Gasteiger partial charge on any atom is 0.417 e. The molecule has 0 aliphatic heterocycles. The van der Waals surface area contributed by atoms with Crippen LogP contribution in [0.1, 0.15) is 48.7 Å². The third kappa shape index (κ3) is 3.32. The maximum atomic E-state index is 13.2. The lowest BCUT2D eigenvalue weighted by Gasteiger charge is -2.25. The number of rotatable bonds is 3. The molecule has 0 heterocycles. The molecule has 0 saturated carbocycles. The van der Waals surface area contributed by atoms with E-state index in [0.29, 0.717) is 12.0 Å². The number of halogens is 3. The van der Waals surface area contributed by atoms with Crippen molar-refractivity contribution in [1.82, 2.24) is 4.90 Å². The standard InChI is InChI=1S/C15H20F3NO/c1-6-14(2,3)10-7-8-11(13(20)19(4)5)12(9-10)15(16,17)18/h7-9H,6H2,1-5H3. The zero-order chi connectivity index (χ0) is 15.7. The molecule has 1 aromatic carbocycles. The topological polar surface area (TPSA) is 20.3 Å². The third-order valence-electron chi connectivity index (χ3n) is 3.63. The van der Waals surface area contributed by atoms with Crippen LogP contribution in [0.25, 0.3) is 0 Å². The van der Waals surface area contributed by atoms with Gasteiger partial charge in [-0.05, 0) is 29.5 Å². The highest BCUT2D eigenvalue weighted by Crippen LogP contribution is 2.36. The van der Waals surface area contributed by atoms with Crippen LogP contribution < -0.4 is 0 Å². The number of hydrogen-bond acceptors (Lipinski definition) is 1. The summed E-state index contributed by atoms with van der Waals surface area (Å²) in [4.78, 5) is 13.0. The molecule has 0 spiro atoms. The Bertz CT molecular complexity index is 504. The van der Waals surface area contributed by atoms with Crippen molar-refractivity contribution in [3.05, 3.63) is 34.9 Å². The molecule has 0 N–H and O–H groups in total. The summed E-state index contributed by atoms with van der Waals surface area (Å²) in [5.41, 5.74) is -0.948. The minimum absolute atomic E-state index is 0.307. The van der Waals surface area contributed by atoms with Gasteiger partial charge < -0.3 is 4.90 Å². The Morgan fingerprint density at radius 1 is 1.20 bits per heavy atom. The highest BCUT2D eigenvalue weighted by molar-refractivity contribution is 5.95. The zero-order valence-electron chi connectivity index (χ0n) is 12.4. The van der Waals surface area contributed by atoms with Crippen molar-refractivity contribution < 1.29 is 18.0 Å². The first-order valence-electron chi connectivity index (χ1n) is 6.44. The van der Waals surface area contributed by atoms with Gasteiger partial charge in [-0.15, -0.1) is 0 Å². The van der Waals surface area contributed by atoms with Gasteiger partial charge in [0.05, 0.1) is 11.1 Å². The predicted octanol–water partition coefficient (Wildman–Crippen LogP) is 4.09. The number of nitrogens with zero attached hydrogens (tertiary/aromatic N) is 1. The molecule has 0 bridgehead atoms. The Labute approximate surface area is 117 Å². The summed E-state index contributed by atoms with van der Waals surface area (Å²) in [6.45, 7) is 5.69. The number of amides is 1. The average molecular weight is 287 g/mol. The van der Waals surface area contributed by atoms with Crippen molar-refractivity contribution in [1.29, 1.82) is 0 Å². The van der Waals surface area contributed by atoms with Gasteiger partial charge in [-0.25, -0.2) is 0 Å². The van der Waals surface area contributed by atoms with Gasteiger partial charge in [0.1, 0.15) is 0 Å². The summed E-state index contributed by atoms with van der Waals surface area (Å²) >= 11 is 0. The molecule has 1 rings (SSSR count). The molecule has 0 aliphatic carbocycles. The van der Waals surface area contributed by atoms with Gasteiger partial charge in [0.25, 0.3) is 5.91 Å². The van der Waals surface area contributed by atoms with E-state index in [-0.39, 0.29) is 11.0 Å². The summed E-state index contributed by atoms with van der Waals surface area (Å²) in [6.07, 6.45) is -3.83. The molecular weight excluding hydrogens is 267 g/mol. The van der Waals surface area contributed by atoms with E-state index in [2.05, 4.69) is 0 Å². The van der Waals surface area contributed by atoms with E-state index in [4.69, 9.17) is 0 Å². The summed E-state index contributed by atoms with van der Waals surface area (Å²) in [5, 5.41) is 0. The van der Waals surface area contributed by atoms with Crippen LogP contribution in [-0.2, 0) is 11.6 Å². The Hall–Kier alpha value is -1.52. The smallest absolute Gasteiger partial charge is 0.345 e. The molecule has 0 aromatic heterocycles. The molecule has 0 fully saturated rings. The highest BCUT2D eigenvalue weighted by atomic mass is 19.4. The maximum absolute atomic E-state index is 13.2. The molecule has 5 heteroatoms. The molecule has 0 aliphatic rings. The zero-order valence-corrected chi connectivity index (χ0v) is 12.4. The first kappa shape index (κ1) is 16.5.